The van der Waals surface area contributed by atoms with Crippen molar-refractivity contribution < 1.29 is 4.74 Å². The Labute approximate surface area is 202 Å². The van der Waals surface area contributed by atoms with E-state index in [1.807, 2.05) is 79.7 Å². The number of halogens is 2. The number of nitrogens with one attached hydrogen (secondary N) is 1. The average molecular weight is 514 g/mol. The number of pyridine rings is 1. The number of allylic oxidation sites excluding steroid dienone is 3. The van der Waals surface area contributed by atoms with Crippen molar-refractivity contribution in [2.75, 3.05) is 13.2 Å². The number of benzene rings is 2. The second kappa shape index (κ2) is 11.9. The van der Waals surface area contributed by atoms with Crippen LogP contribution in [0.1, 0.15) is 12.5 Å². The van der Waals surface area contributed by atoms with Gasteiger partial charge in [0.05, 0.1) is 12.1 Å². The molecule has 6 heteroatoms. The Balaban J connectivity index is 1.75. The molecule has 0 saturated carbocycles. The van der Waals surface area contributed by atoms with E-state index < -0.39 is 0 Å². The molecule has 0 bridgehead atoms. The number of rotatable bonds is 10. The molecule has 3 aromatic rings. The first kappa shape index (κ1) is 24.1. The summed E-state index contributed by atoms with van der Waals surface area (Å²) in [6.45, 7) is 7.84. The van der Waals surface area contributed by atoms with Gasteiger partial charge in [-0.1, -0.05) is 76.6 Å². The Kier molecular flexibility index (Phi) is 8.91. The third-order valence-corrected chi connectivity index (χ3v) is 5.28. The maximum absolute atomic E-state index is 13.2. The SMILES string of the molecule is C=C(/C=C\C=C(/C)Br)CNCc1cc2ccc(Cl)cc2n(CCOc2ccccc2)c1=O. The summed E-state index contributed by atoms with van der Waals surface area (Å²) in [6.07, 6.45) is 5.84. The smallest absolute Gasteiger partial charge is 0.255 e. The Morgan fingerprint density at radius 3 is 2.75 bits per heavy atom. The van der Waals surface area contributed by atoms with Crippen LogP contribution in [0, 0.1) is 0 Å². The minimum absolute atomic E-state index is 0.0528. The Morgan fingerprint density at radius 2 is 2.00 bits per heavy atom. The molecule has 0 radical (unpaired) electrons. The van der Waals surface area contributed by atoms with Crippen LogP contribution >= 0.6 is 27.5 Å². The number of fused-ring (bicyclic) bond motifs is 1. The normalized spacial score (nSPS) is 11.9. The minimum Gasteiger partial charge on any atom is -0.492 e. The molecule has 0 atom stereocenters. The van der Waals surface area contributed by atoms with Crippen LogP contribution in [-0.2, 0) is 13.1 Å². The molecular weight excluding hydrogens is 488 g/mol. The van der Waals surface area contributed by atoms with Crippen LogP contribution in [-0.4, -0.2) is 17.7 Å². The van der Waals surface area contributed by atoms with E-state index in [2.05, 4.69) is 27.8 Å². The summed E-state index contributed by atoms with van der Waals surface area (Å²) in [5, 5.41) is 4.87. The number of nitrogens with zero attached hydrogens (tertiary/aromatic N) is 1. The summed E-state index contributed by atoms with van der Waals surface area (Å²) < 4.78 is 8.59. The monoisotopic (exact) mass is 512 g/mol. The molecule has 1 N–H and O–H groups in total. The van der Waals surface area contributed by atoms with E-state index in [1.165, 1.54) is 0 Å². The van der Waals surface area contributed by atoms with Gasteiger partial charge in [0.15, 0.2) is 0 Å². The predicted octanol–water partition coefficient (Wildman–Crippen LogP) is 6.23. The molecule has 0 spiro atoms. The molecular formula is C26H26BrClN2O2. The van der Waals surface area contributed by atoms with Crippen LogP contribution in [0.15, 0.2) is 94.3 Å². The van der Waals surface area contributed by atoms with Gasteiger partial charge in [-0.25, -0.2) is 0 Å². The van der Waals surface area contributed by atoms with Crippen LogP contribution < -0.4 is 15.6 Å². The summed E-state index contributed by atoms with van der Waals surface area (Å²) >= 11 is 9.60. The van der Waals surface area contributed by atoms with Crippen molar-refractivity contribution >= 4 is 38.4 Å². The lowest BCUT2D eigenvalue weighted by molar-refractivity contribution is 0.298. The zero-order valence-corrected chi connectivity index (χ0v) is 20.3. The summed E-state index contributed by atoms with van der Waals surface area (Å²) in [4.78, 5) is 13.2. The second-order valence-corrected chi connectivity index (χ2v) is 9.05. The summed E-state index contributed by atoms with van der Waals surface area (Å²) in [7, 11) is 0. The quantitative estimate of drug-likeness (QED) is 0.327. The van der Waals surface area contributed by atoms with Crippen molar-refractivity contribution in [3.05, 3.63) is 110 Å². The zero-order chi connectivity index (χ0) is 22.9. The number of hydrogen-bond acceptors (Lipinski definition) is 3. The highest BCUT2D eigenvalue weighted by molar-refractivity contribution is 9.11. The van der Waals surface area contributed by atoms with Crippen LogP contribution in [0.3, 0.4) is 0 Å². The van der Waals surface area contributed by atoms with Crippen molar-refractivity contribution in [1.29, 1.82) is 0 Å². The molecule has 0 unspecified atom stereocenters. The van der Waals surface area contributed by atoms with Gasteiger partial charge in [-0.2, -0.15) is 0 Å². The van der Waals surface area contributed by atoms with E-state index in [0.717, 1.165) is 26.7 Å². The first-order valence-electron chi connectivity index (χ1n) is 10.3. The van der Waals surface area contributed by atoms with Crippen LogP contribution in [0.5, 0.6) is 5.75 Å². The van der Waals surface area contributed by atoms with Gasteiger partial charge in [-0.3, -0.25) is 4.79 Å². The van der Waals surface area contributed by atoms with Crippen LogP contribution in [0.2, 0.25) is 5.02 Å². The zero-order valence-electron chi connectivity index (χ0n) is 18.0. The van der Waals surface area contributed by atoms with E-state index in [9.17, 15) is 4.79 Å². The number of ether oxygens (including phenoxy) is 1. The van der Waals surface area contributed by atoms with E-state index in [-0.39, 0.29) is 5.56 Å². The van der Waals surface area contributed by atoms with Crippen molar-refractivity contribution in [1.82, 2.24) is 9.88 Å². The third-order valence-electron chi connectivity index (χ3n) is 4.79. The van der Waals surface area contributed by atoms with E-state index in [1.54, 1.807) is 4.57 Å². The topological polar surface area (TPSA) is 43.3 Å². The van der Waals surface area contributed by atoms with Gasteiger partial charge in [0, 0.05) is 23.7 Å². The molecule has 0 aliphatic heterocycles. The third kappa shape index (κ3) is 6.95. The Hall–Kier alpha value is -2.60. The number of aromatic nitrogens is 1. The van der Waals surface area contributed by atoms with Crippen LogP contribution in [0.25, 0.3) is 10.9 Å². The fourth-order valence-corrected chi connectivity index (χ4v) is 3.58. The van der Waals surface area contributed by atoms with Crippen molar-refractivity contribution in [2.45, 2.75) is 20.0 Å². The molecule has 166 valence electrons. The average Bonchev–Trinajstić information content (AvgIpc) is 2.76. The lowest BCUT2D eigenvalue weighted by Crippen LogP contribution is -2.29. The molecule has 4 nitrogen and oxygen atoms in total. The lowest BCUT2D eigenvalue weighted by Gasteiger charge is -2.14. The first-order chi connectivity index (χ1) is 15.4. The summed E-state index contributed by atoms with van der Waals surface area (Å²) in [5.74, 6) is 0.775. The minimum atomic E-state index is -0.0528. The van der Waals surface area contributed by atoms with Gasteiger partial charge in [0.1, 0.15) is 12.4 Å². The molecule has 0 aliphatic carbocycles. The van der Waals surface area contributed by atoms with Gasteiger partial charge in [-0.05, 0) is 52.7 Å². The molecule has 0 fully saturated rings. The highest BCUT2D eigenvalue weighted by atomic mass is 79.9. The van der Waals surface area contributed by atoms with Crippen molar-refractivity contribution in [2.24, 2.45) is 0 Å². The van der Waals surface area contributed by atoms with Crippen molar-refractivity contribution in [3.63, 3.8) is 0 Å². The Bertz CT molecular complexity index is 1200. The fraction of sp³-hybridized carbons (Fsp3) is 0.192. The molecule has 32 heavy (non-hydrogen) atoms. The van der Waals surface area contributed by atoms with E-state index >= 15 is 0 Å². The van der Waals surface area contributed by atoms with Gasteiger partial charge >= 0.3 is 0 Å². The molecule has 2 aromatic carbocycles. The maximum atomic E-state index is 13.2. The van der Waals surface area contributed by atoms with Crippen molar-refractivity contribution in [3.8, 4) is 5.75 Å². The molecule has 0 amide bonds. The van der Waals surface area contributed by atoms with E-state index in [4.69, 9.17) is 16.3 Å². The highest BCUT2D eigenvalue weighted by Gasteiger charge is 2.10. The van der Waals surface area contributed by atoms with Gasteiger partial charge in [-0.15, -0.1) is 0 Å². The first-order valence-corrected chi connectivity index (χ1v) is 11.5. The van der Waals surface area contributed by atoms with Gasteiger partial charge in [0.25, 0.3) is 5.56 Å². The number of hydrogen-bond donors (Lipinski definition) is 1. The number of para-hydroxylation sites is 1. The van der Waals surface area contributed by atoms with Gasteiger partial charge in [0.2, 0.25) is 0 Å². The highest BCUT2D eigenvalue weighted by Crippen LogP contribution is 2.19. The second-order valence-electron chi connectivity index (χ2n) is 7.37. The maximum Gasteiger partial charge on any atom is 0.255 e. The molecule has 0 saturated heterocycles. The van der Waals surface area contributed by atoms with Gasteiger partial charge < -0.3 is 14.6 Å². The molecule has 1 aromatic heterocycles. The predicted molar refractivity (Wildman–Crippen MR) is 138 cm³/mol. The molecule has 0 aliphatic rings. The summed E-state index contributed by atoms with van der Waals surface area (Å²) in [5.41, 5.74) is 2.36. The molecule has 1 heterocycles. The fourth-order valence-electron chi connectivity index (χ4n) is 3.26. The summed E-state index contributed by atoms with van der Waals surface area (Å²) in [6, 6.07) is 17.1. The largest absolute Gasteiger partial charge is 0.492 e. The lowest BCUT2D eigenvalue weighted by atomic mass is 10.1. The van der Waals surface area contributed by atoms with E-state index in [0.29, 0.717) is 36.8 Å². The van der Waals surface area contributed by atoms with Crippen LogP contribution in [0.4, 0.5) is 0 Å². The molecule has 3 rings (SSSR count). The standard InChI is InChI=1S/C26H26BrClN2O2/c1-19(7-6-8-20(2)27)17-29-18-22-15-21-11-12-23(28)16-25(21)30(26(22)31)13-14-32-24-9-4-3-5-10-24/h3-12,15-16,29H,1,13-14,17-18H2,2H3/b7-6-,20-8+. The Morgan fingerprint density at radius 1 is 1.22 bits per heavy atom.